The van der Waals surface area contributed by atoms with Crippen LogP contribution in [-0.4, -0.2) is 67.6 Å². The van der Waals surface area contributed by atoms with Gasteiger partial charge in [0.1, 0.15) is 6.04 Å². The first-order chi connectivity index (χ1) is 7.68. The lowest BCUT2D eigenvalue weighted by Gasteiger charge is -2.28. The minimum absolute atomic E-state index is 0.0171. The zero-order valence-corrected chi connectivity index (χ0v) is 9.53. The highest BCUT2D eigenvalue weighted by molar-refractivity contribution is 5.88. The maximum atomic E-state index is 11.8. The van der Waals surface area contributed by atoms with E-state index >= 15 is 0 Å². The molecule has 1 atom stereocenters. The number of hydrogen-bond donors (Lipinski definition) is 2. The molecule has 16 heavy (non-hydrogen) atoms. The molecule has 2 fully saturated rings. The molecule has 0 spiro atoms. The van der Waals surface area contributed by atoms with Gasteiger partial charge in [-0.2, -0.15) is 0 Å². The molecule has 2 aliphatic heterocycles. The summed E-state index contributed by atoms with van der Waals surface area (Å²) in [5, 5.41) is 5.98. The molecule has 0 aromatic rings. The maximum Gasteiger partial charge on any atom is 0.318 e. The van der Waals surface area contributed by atoms with Gasteiger partial charge in [-0.15, -0.1) is 0 Å². The first kappa shape index (κ1) is 11.2. The SMILES string of the molecule is CN1CCC(NC(=O)N2CCNCC2)C1=O. The summed E-state index contributed by atoms with van der Waals surface area (Å²) in [5.41, 5.74) is 0. The highest BCUT2D eigenvalue weighted by Gasteiger charge is 2.31. The Balaban J connectivity index is 1.84. The van der Waals surface area contributed by atoms with Gasteiger partial charge in [0, 0.05) is 39.8 Å². The Hall–Kier alpha value is -1.30. The van der Waals surface area contributed by atoms with Gasteiger partial charge in [0.05, 0.1) is 0 Å². The lowest BCUT2D eigenvalue weighted by atomic mass is 10.2. The third-order valence-electron chi connectivity index (χ3n) is 3.13. The van der Waals surface area contributed by atoms with Gasteiger partial charge in [0.15, 0.2) is 0 Å². The van der Waals surface area contributed by atoms with Crippen LogP contribution in [0, 0.1) is 0 Å². The molecule has 6 heteroatoms. The molecule has 2 rings (SSSR count). The number of carbonyl (C=O) groups is 2. The van der Waals surface area contributed by atoms with Crippen LogP contribution >= 0.6 is 0 Å². The molecule has 2 aliphatic rings. The summed E-state index contributed by atoms with van der Waals surface area (Å²) in [7, 11) is 1.76. The van der Waals surface area contributed by atoms with Crippen molar-refractivity contribution in [1.29, 1.82) is 0 Å². The second kappa shape index (κ2) is 4.69. The molecule has 3 amide bonds. The standard InChI is InChI=1S/C10H18N4O2/c1-13-5-2-8(9(13)15)12-10(16)14-6-3-11-4-7-14/h8,11H,2-7H2,1H3,(H,12,16). The summed E-state index contributed by atoms with van der Waals surface area (Å²) in [4.78, 5) is 26.8. The van der Waals surface area contributed by atoms with Gasteiger partial charge in [-0.05, 0) is 6.42 Å². The number of nitrogens with zero attached hydrogens (tertiary/aromatic N) is 2. The van der Waals surface area contributed by atoms with Gasteiger partial charge in [-0.25, -0.2) is 4.79 Å². The summed E-state index contributed by atoms with van der Waals surface area (Å²) in [6, 6.07) is -0.442. The van der Waals surface area contributed by atoms with Crippen molar-refractivity contribution in [1.82, 2.24) is 20.4 Å². The second-order valence-corrected chi connectivity index (χ2v) is 4.29. The van der Waals surface area contributed by atoms with E-state index in [1.807, 2.05) is 0 Å². The van der Waals surface area contributed by atoms with Crippen molar-refractivity contribution < 1.29 is 9.59 Å². The molecule has 0 aliphatic carbocycles. The molecular formula is C10H18N4O2. The quantitative estimate of drug-likeness (QED) is 0.592. The Kier molecular flexibility index (Phi) is 3.28. The van der Waals surface area contributed by atoms with Crippen LogP contribution in [0.1, 0.15) is 6.42 Å². The molecular weight excluding hydrogens is 208 g/mol. The van der Waals surface area contributed by atoms with Crippen molar-refractivity contribution in [3.05, 3.63) is 0 Å². The van der Waals surface area contributed by atoms with Gasteiger partial charge in [-0.1, -0.05) is 0 Å². The fraction of sp³-hybridized carbons (Fsp3) is 0.800. The largest absolute Gasteiger partial charge is 0.344 e. The Morgan fingerprint density at radius 3 is 2.62 bits per heavy atom. The Bertz CT molecular complexity index is 289. The zero-order chi connectivity index (χ0) is 11.5. The van der Waals surface area contributed by atoms with Crippen LogP contribution in [0.2, 0.25) is 0 Å². The minimum atomic E-state index is -0.326. The number of hydrogen-bond acceptors (Lipinski definition) is 3. The molecule has 1 unspecified atom stereocenters. The third kappa shape index (κ3) is 2.27. The molecule has 0 saturated carbocycles. The molecule has 6 nitrogen and oxygen atoms in total. The predicted octanol–water partition coefficient (Wildman–Crippen LogP) is -1.17. The molecule has 2 heterocycles. The van der Waals surface area contributed by atoms with Gasteiger partial charge in [-0.3, -0.25) is 4.79 Å². The highest BCUT2D eigenvalue weighted by atomic mass is 16.2. The topological polar surface area (TPSA) is 64.7 Å². The van der Waals surface area contributed by atoms with E-state index in [-0.39, 0.29) is 18.0 Å². The summed E-state index contributed by atoms with van der Waals surface area (Å²) in [6.45, 7) is 3.80. The number of piperazine rings is 1. The normalized spacial score (nSPS) is 26.1. The summed E-state index contributed by atoms with van der Waals surface area (Å²) in [5.74, 6) is 0.0171. The van der Waals surface area contributed by atoms with Crippen LogP contribution in [-0.2, 0) is 4.79 Å². The van der Waals surface area contributed by atoms with E-state index in [4.69, 9.17) is 0 Å². The van der Waals surface area contributed by atoms with Crippen molar-refractivity contribution in [2.45, 2.75) is 12.5 Å². The van der Waals surface area contributed by atoms with E-state index in [1.54, 1.807) is 16.8 Å². The third-order valence-corrected chi connectivity index (χ3v) is 3.13. The summed E-state index contributed by atoms with van der Waals surface area (Å²) in [6.07, 6.45) is 0.715. The van der Waals surface area contributed by atoms with E-state index in [1.165, 1.54) is 0 Å². The molecule has 2 N–H and O–H groups in total. The number of urea groups is 1. The molecule has 0 bridgehead atoms. The van der Waals surface area contributed by atoms with Crippen LogP contribution in [0.15, 0.2) is 0 Å². The number of likely N-dealkylation sites (tertiary alicyclic amines) is 1. The van der Waals surface area contributed by atoms with E-state index in [2.05, 4.69) is 10.6 Å². The lowest BCUT2D eigenvalue weighted by molar-refractivity contribution is -0.128. The summed E-state index contributed by atoms with van der Waals surface area (Å²) < 4.78 is 0. The van der Waals surface area contributed by atoms with Crippen molar-refractivity contribution in [2.24, 2.45) is 0 Å². The van der Waals surface area contributed by atoms with Crippen LogP contribution in [0.3, 0.4) is 0 Å². The van der Waals surface area contributed by atoms with Gasteiger partial charge >= 0.3 is 6.03 Å². The Morgan fingerprint density at radius 1 is 1.38 bits per heavy atom. The minimum Gasteiger partial charge on any atom is -0.344 e. The molecule has 0 aromatic carbocycles. The number of rotatable bonds is 1. The number of amides is 3. The first-order valence-electron chi connectivity index (χ1n) is 5.69. The summed E-state index contributed by atoms with van der Waals surface area (Å²) >= 11 is 0. The van der Waals surface area contributed by atoms with Crippen molar-refractivity contribution in [3.8, 4) is 0 Å². The highest BCUT2D eigenvalue weighted by Crippen LogP contribution is 2.09. The fourth-order valence-corrected chi connectivity index (χ4v) is 2.06. The van der Waals surface area contributed by atoms with E-state index in [9.17, 15) is 9.59 Å². The fourth-order valence-electron chi connectivity index (χ4n) is 2.06. The molecule has 0 radical (unpaired) electrons. The number of likely N-dealkylation sites (N-methyl/N-ethyl adjacent to an activating group) is 1. The van der Waals surface area contributed by atoms with Crippen LogP contribution < -0.4 is 10.6 Å². The Morgan fingerprint density at radius 2 is 2.06 bits per heavy atom. The van der Waals surface area contributed by atoms with Crippen molar-refractivity contribution >= 4 is 11.9 Å². The number of carbonyl (C=O) groups excluding carboxylic acids is 2. The zero-order valence-electron chi connectivity index (χ0n) is 9.53. The average molecular weight is 226 g/mol. The molecule has 0 aromatic heterocycles. The van der Waals surface area contributed by atoms with Gasteiger partial charge < -0.3 is 20.4 Å². The average Bonchev–Trinajstić information content (AvgIpc) is 2.62. The van der Waals surface area contributed by atoms with E-state index in [0.717, 1.165) is 19.6 Å². The van der Waals surface area contributed by atoms with Crippen LogP contribution in [0.25, 0.3) is 0 Å². The maximum absolute atomic E-state index is 11.8. The molecule has 90 valence electrons. The smallest absolute Gasteiger partial charge is 0.318 e. The first-order valence-corrected chi connectivity index (χ1v) is 5.69. The van der Waals surface area contributed by atoms with Crippen molar-refractivity contribution in [3.63, 3.8) is 0 Å². The molecule has 2 saturated heterocycles. The van der Waals surface area contributed by atoms with Crippen LogP contribution in [0.4, 0.5) is 4.79 Å². The van der Waals surface area contributed by atoms with Crippen molar-refractivity contribution in [2.75, 3.05) is 39.8 Å². The predicted molar refractivity (Wildman–Crippen MR) is 59.0 cm³/mol. The number of nitrogens with one attached hydrogen (secondary N) is 2. The van der Waals surface area contributed by atoms with Gasteiger partial charge in [0.25, 0.3) is 0 Å². The van der Waals surface area contributed by atoms with Gasteiger partial charge in [0.2, 0.25) is 5.91 Å². The Labute approximate surface area is 95.0 Å². The lowest BCUT2D eigenvalue weighted by Crippen LogP contribution is -2.53. The monoisotopic (exact) mass is 226 g/mol. The van der Waals surface area contributed by atoms with Crippen LogP contribution in [0.5, 0.6) is 0 Å². The second-order valence-electron chi connectivity index (χ2n) is 4.29. The van der Waals surface area contributed by atoms with E-state index < -0.39 is 0 Å². The van der Waals surface area contributed by atoms with E-state index in [0.29, 0.717) is 19.5 Å².